The molecule has 0 saturated heterocycles. The zero-order valence-electron chi connectivity index (χ0n) is 6.83. The summed E-state index contributed by atoms with van der Waals surface area (Å²) in [4.78, 5) is 0. The first-order valence-corrected chi connectivity index (χ1v) is 3.93. The van der Waals surface area contributed by atoms with E-state index in [2.05, 4.69) is 25.7 Å². The summed E-state index contributed by atoms with van der Waals surface area (Å²) in [5, 5.41) is 3.25. The lowest BCUT2D eigenvalue weighted by Crippen LogP contribution is -2.05. The van der Waals surface area contributed by atoms with Crippen LogP contribution in [0, 0.1) is 0 Å². The first-order valence-electron chi connectivity index (χ1n) is 3.93. The predicted octanol–water partition coefficient (Wildman–Crippen LogP) is 2.22. The number of rotatable bonds is 2. The van der Waals surface area contributed by atoms with Crippen LogP contribution in [0.4, 0.5) is 0 Å². The smallest absolute Gasteiger partial charge is 0.0366 e. The molecule has 0 amide bonds. The quantitative estimate of drug-likeness (QED) is 0.615. The highest BCUT2D eigenvalue weighted by Crippen LogP contribution is 2.22. The minimum atomic E-state index is 1.03. The summed E-state index contributed by atoms with van der Waals surface area (Å²) < 4.78 is 0. The highest BCUT2D eigenvalue weighted by atomic mass is 14.9. The largest absolute Gasteiger partial charge is 0.382 e. The van der Waals surface area contributed by atoms with E-state index in [0.29, 0.717) is 0 Å². The van der Waals surface area contributed by atoms with Gasteiger partial charge in [0.05, 0.1) is 0 Å². The van der Waals surface area contributed by atoms with Crippen LogP contribution in [0.1, 0.15) is 26.7 Å². The van der Waals surface area contributed by atoms with Crippen molar-refractivity contribution in [2.24, 2.45) is 0 Å². The summed E-state index contributed by atoms with van der Waals surface area (Å²) in [7, 11) is 0. The van der Waals surface area contributed by atoms with Crippen molar-refractivity contribution in [1.82, 2.24) is 5.32 Å². The van der Waals surface area contributed by atoms with Crippen LogP contribution < -0.4 is 5.32 Å². The minimum absolute atomic E-state index is 1.03. The second kappa shape index (κ2) is 2.91. The van der Waals surface area contributed by atoms with Crippen LogP contribution in [-0.2, 0) is 0 Å². The molecular weight excluding hydrogens is 122 g/mol. The molecule has 1 heteroatoms. The molecule has 0 aromatic heterocycles. The maximum Gasteiger partial charge on any atom is 0.0366 e. The molecule has 0 atom stereocenters. The molecular formula is C9H15N. The summed E-state index contributed by atoms with van der Waals surface area (Å²) in [6.45, 7) is 9.35. The molecule has 1 N–H and O–H groups in total. The Kier molecular flexibility index (Phi) is 2.15. The summed E-state index contributed by atoms with van der Waals surface area (Å²) >= 11 is 0. The second-order valence-electron chi connectivity index (χ2n) is 2.62. The van der Waals surface area contributed by atoms with E-state index in [9.17, 15) is 0 Å². The Morgan fingerprint density at radius 1 is 1.40 bits per heavy atom. The molecule has 0 radical (unpaired) electrons. The van der Waals surface area contributed by atoms with Gasteiger partial charge in [0, 0.05) is 12.2 Å². The first-order chi connectivity index (χ1) is 4.79. The van der Waals surface area contributed by atoms with E-state index in [-0.39, 0.29) is 0 Å². The predicted molar refractivity (Wildman–Crippen MR) is 44.8 cm³/mol. The first kappa shape index (κ1) is 7.39. The summed E-state index contributed by atoms with van der Waals surface area (Å²) in [6.07, 6.45) is 2.28. The van der Waals surface area contributed by atoms with Gasteiger partial charge < -0.3 is 5.32 Å². The van der Waals surface area contributed by atoms with Crippen molar-refractivity contribution in [3.63, 3.8) is 0 Å². The van der Waals surface area contributed by atoms with Gasteiger partial charge in [0.2, 0.25) is 0 Å². The van der Waals surface area contributed by atoms with E-state index < -0.39 is 0 Å². The molecule has 0 aromatic rings. The van der Waals surface area contributed by atoms with E-state index >= 15 is 0 Å². The van der Waals surface area contributed by atoms with Gasteiger partial charge in [-0.3, -0.25) is 0 Å². The number of nitrogens with one attached hydrogen (secondary N) is 1. The van der Waals surface area contributed by atoms with Crippen molar-refractivity contribution >= 4 is 0 Å². The van der Waals surface area contributed by atoms with Gasteiger partial charge in [-0.1, -0.05) is 20.4 Å². The van der Waals surface area contributed by atoms with Crippen LogP contribution in [0.3, 0.4) is 0 Å². The molecule has 0 saturated carbocycles. The number of hydrogen-bond acceptors (Lipinski definition) is 1. The minimum Gasteiger partial charge on any atom is -0.382 e. The fraction of sp³-hybridized carbons (Fsp3) is 0.556. The van der Waals surface area contributed by atoms with Gasteiger partial charge in [-0.2, -0.15) is 0 Å². The van der Waals surface area contributed by atoms with E-state index in [0.717, 1.165) is 25.1 Å². The Balaban J connectivity index is 2.81. The zero-order valence-corrected chi connectivity index (χ0v) is 6.83. The Morgan fingerprint density at radius 3 is 2.50 bits per heavy atom. The average Bonchev–Trinajstić information content (AvgIpc) is 2.30. The molecule has 0 spiro atoms. The third kappa shape index (κ3) is 1.08. The van der Waals surface area contributed by atoms with Gasteiger partial charge in [-0.15, -0.1) is 0 Å². The molecule has 10 heavy (non-hydrogen) atoms. The topological polar surface area (TPSA) is 12.0 Å². The van der Waals surface area contributed by atoms with Crippen molar-refractivity contribution < 1.29 is 0 Å². The fourth-order valence-electron chi connectivity index (χ4n) is 1.44. The molecule has 56 valence electrons. The van der Waals surface area contributed by atoms with E-state index in [1.54, 1.807) is 0 Å². The van der Waals surface area contributed by atoms with Crippen LogP contribution in [-0.4, -0.2) is 6.54 Å². The monoisotopic (exact) mass is 137 g/mol. The van der Waals surface area contributed by atoms with Crippen LogP contribution in [0.25, 0.3) is 0 Å². The average molecular weight is 137 g/mol. The lowest BCUT2D eigenvalue weighted by molar-refractivity contribution is 0.917. The van der Waals surface area contributed by atoms with Crippen molar-refractivity contribution in [2.45, 2.75) is 26.7 Å². The van der Waals surface area contributed by atoms with E-state index in [1.165, 1.54) is 11.1 Å². The highest BCUT2D eigenvalue weighted by Gasteiger charge is 2.13. The molecule has 1 rings (SSSR count). The van der Waals surface area contributed by atoms with Gasteiger partial charge in [0.15, 0.2) is 0 Å². The molecule has 0 aromatic carbocycles. The van der Waals surface area contributed by atoms with Gasteiger partial charge in [-0.05, 0) is 24.0 Å². The maximum atomic E-state index is 3.94. The third-order valence-corrected chi connectivity index (χ3v) is 2.09. The Labute approximate surface area is 62.8 Å². The van der Waals surface area contributed by atoms with E-state index in [1.807, 2.05) is 0 Å². The lowest BCUT2D eigenvalue weighted by atomic mass is 10.1. The summed E-state index contributed by atoms with van der Waals surface area (Å²) in [6, 6.07) is 0. The van der Waals surface area contributed by atoms with Gasteiger partial charge in [0.25, 0.3) is 0 Å². The summed E-state index contributed by atoms with van der Waals surface area (Å²) in [5.41, 5.74) is 4.12. The molecule has 1 heterocycles. The third-order valence-electron chi connectivity index (χ3n) is 2.09. The van der Waals surface area contributed by atoms with Crippen LogP contribution in [0.2, 0.25) is 0 Å². The molecule has 0 aliphatic carbocycles. The van der Waals surface area contributed by atoms with Gasteiger partial charge in [-0.25, -0.2) is 0 Å². The summed E-state index contributed by atoms with van der Waals surface area (Å²) in [5.74, 6) is 0. The van der Waals surface area contributed by atoms with Crippen molar-refractivity contribution in [3.8, 4) is 0 Å². The molecule has 1 aliphatic rings. The van der Waals surface area contributed by atoms with Crippen LogP contribution in [0.15, 0.2) is 23.4 Å². The van der Waals surface area contributed by atoms with Crippen LogP contribution >= 0.6 is 0 Å². The van der Waals surface area contributed by atoms with Gasteiger partial charge in [0.1, 0.15) is 0 Å². The maximum absolute atomic E-state index is 3.94. The van der Waals surface area contributed by atoms with Crippen LogP contribution in [0.5, 0.6) is 0 Å². The zero-order chi connectivity index (χ0) is 7.56. The Morgan fingerprint density at radius 2 is 2.10 bits per heavy atom. The van der Waals surface area contributed by atoms with Crippen molar-refractivity contribution in [3.05, 3.63) is 23.4 Å². The molecule has 0 fully saturated rings. The molecule has 0 unspecified atom stereocenters. The number of allylic oxidation sites excluding steroid dienone is 1. The van der Waals surface area contributed by atoms with E-state index in [4.69, 9.17) is 0 Å². The lowest BCUT2D eigenvalue weighted by Gasteiger charge is -1.99. The molecule has 1 aliphatic heterocycles. The standard InChI is InChI=1S/C9H15N/c1-4-8-6-10-7(3)9(8)5-2/h10H,3-6H2,1-2H3. The SMILES string of the molecule is C=C1NCC(CC)=C1CC. The normalized spacial score (nSPS) is 18.0. The molecule has 1 nitrogen and oxygen atoms in total. The highest BCUT2D eigenvalue weighted by molar-refractivity contribution is 5.38. The number of hydrogen-bond donors (Lipinski definition) is 1. The van der Waals surface area contributed by atoms with Crippen molar-refractivity contribution in [2.75, 3.05) is 6.54 Å². The fourth-order valence-corrected chi connectivity index (χ4v) is 1.44. The molecule has 0 bridgehead atoms. The Bertz CT molecular complexity index is 177. The van der Waals surface area contributed by atoms with Crippen molar-refractivity contribution in [1.29, 1.82) is 0 Å². The second-order valence-corrected chi connectivity index (χ2v) is 2.62. The van der Waals surface area contributed by atoms with Gasteiger partial charge >= 0.3 is 0 Å². The Hall–Kier alpha value is -0.720.